The van der Waals surface area contributed by atoms with Crippen LogP contribution >= 0.6 is 7.82 Å². The third kappa shape index (κ3) is 34.9. The molecule has 3 atom stereocenters. The summed E-state index contributed by atoms with van der Waals surface area (Å²) in [4.78, 5) is 23.0. The first kappa shape index (κ1) is 48.5. The van der Waals surface area contributed by atoms with Crippen LogP contribution in [0.4, 0.5) is 0 Å². The largest absolute Gasteiger partial charge is 0.472 e. The molecule has 0 rings (SSSR count). The highest BCUT2D eigenvalue weighted by atomic mass is 31.2. The zero-order valence-corrected chi connectivity index (χ0v) is 33.8. The first-order valence-corrected chi connectivity index (χ1v) is 21.5. The Kier molecular flexibility index (Phi) is 32.3. The number of hydrogen-bond acceptors (Lipinski definition) is 5. The van der Waals surface area contributed by atoms with E-state index in [0.717, 1.165) is 44.9 Å². The van der Waals surface area contributed by atoms with Crippen LogP contribution in [0.5, 0.6) is 0 Å². The maximum atomic E-state index is 12.8. The topological polar surface area (TPSA) is 105 Å². The first-order valence-electron chi connectivity index (χ1n) is 20.0. The molecule has 0 saturated carbocycles. The van der Waals surface area contributed by atoms with Crippen LogP contribution in [-0.4, -0.2) is 73.4 Å². The SMILES string of the molecule is CC/C=C\C/C=C\C/C=C\C/C=C\CCC(=O)NC(COP(=O)(O)OCC[N+](C)(C)C)C(O)CCCCCCCCCCCCCCCCC. The van der Waals surface area contributed by atoms with Gasteiger partial charge in [-0.15, -0.1) is 0 Å². The molecular weight excluding hydrogens is 647 g/mol. The molecule has 0 fully saturated rings. The van der Waals surface area contributed by atoms with Crippen molar-refractivity contribution in [3.63, 3.8) is 0 Å². The van der Waals surface area contributed by atoms with E-state index in [1.54, 1.807) is 0 Å². The monoisotopic (exact) mass is 726 g/mol. The molecule has 0 aliphatic heterocycles. The van der Waals surface area contributed by atoms with Gasteiger partial charge in [-0.05, 0) is 38.5 Å². The molecule has 0 spiro atoms. The highest BCUT2D eigenvalue weighted by Gasteiger charge is 2.28. The summed E-state index contributed by atoms with van der Waals surface area (Å²) in [7, 11) is 1.56. The number of aliphatic hydroxyl groups is 1. The van der Waals surface area contributed by atoms with Crippen LogP contribution in [0.1, 0.15) is 155 Å². The molecule has 1 amide bonds. The molecule has 0 radical (unpaired) electrons. The highest BCUT2D eigenvalue weighted by molar-refractivity contribution is 7.47. The number of amides is 1. The van der Waals surface area contributed by atoms with Gasteiger partial charge in [0.05, 0.1) is 39.9 Å². The van der Waals surface area contributed by atoms with E-state index in [-0.39, 0.29) is 25.5 Å². The van der Waals surface area contributed by atoms with Gasteiger partial charge in [0.1, 0.15) is 13.2 Å². The molecule has 0 bridgehead atoms. The van der Waals surface area contributed by atoms with Crippen molar-refractivity contribution in [2.75, 3.05) is 40.9 Å². The van der Waals surface area contributed by atoms with E-state index in [1.165, 1.54) is 77.0 Å². The van der Waals surface area contributed by atoms with Crippen molar-refractivity contribution in [2.24, 2.45) is 0 Å². The lowest BCUT2D eigenvalue weighted by Crippen LogP contribution is -2.46. The van der Waals surface area contributed by atoms with E-state index in [4.69, 9.17) is 9.05 Å². The smallest absolute Gasteiger partial charge is 0.391 e. The molecule has 0 aliphatic carbocycles. The molecule has 3 N–H and O–H groups in total. The third-order valence-corrected chi connectivity index (χ3v) is 9.59. The zero-order chi connectivity index (χ0) is 37.2. The van der Waals surface area contributed by atoms with Gasteiger partial charge >= 0.3 is 7.82 Å². The highest BCUT2D eigenvalue weighted by Crippen LogP contribution is 2.43. The van der Waals surface area contributed by atoms with Gasteiger partial charge in [-0.3, -0.25) is 13.8 Å². The Morgan fingerprint density at radius 1 is 0.700 bits per heavy atom. The lowest BCUT2D eigenvalue weighted by atomic mass is 10.0. The molecule has 0 saturated heterocycles. The van der Waals surface area contributed by atoms with Crippen LogP contribution in [0, 0.1) is 0 Å². The summed E-state index contributed by atoms with van der Waals surface area (Å²) in [6.07, 6.45) is 40.1. The van der Waals surface area contributed by atoms with Crippen molar-refractivity contribution in [3.05, 3.63) is 48.6 Å². The fraction of sp³-hybridized carbons (Fsp3) is 0.780. The number of aliphatic hydroxyl groups excluding tert-OH is 1. The quantitative estimate of drug-likeness (QED) is 0.0260. The van der Waals surface area contributed by atoms with Crippen molar-refractivity contribution in [2.45, 2.75) is 167 Å². The molecule has 0 aromatic carbocycles. The molecule has 292 valence electrons. The fourth-order valence-corrected chi connectivity index (χ4v) is 6.14. The van der Waals surface area contributed by atoms with Gasteiger partial charge in [-0.2, -0.15) is 0 Å². The molecule has 0 aliphatic rings. The van der Waals surface area contributed by atoms with E-state index in [1.807, 2.05) is 33.3 Å². The summed E-state index contributed by atoms with van der Waals surface area (Å²) < 4.78 is 23.5. The molecular formula is C41H78N2O6P+. The first-order chi connectivity index (χ1) is 24.0. The molecule has 50 heavy (non-hydrogen) atoms. The van der Waals surface area contributed by atoms with E-state index in [9.17, 15) is 19.4 Å². The number of quaternary nitrogens is 1. The Bertz CT molecular complexity index is 959. The average Bonchev–Trinajstić information content (AvgIpc) is 3.06. The van der Waals surface area contributed by atoms with Crippen LogP contribution in [0.3, 0.4) is 0 Å². The van der Waals surface area contributed by atoms with Gasteiger partial charge in [-0.1, -0.05) is 159 Å². The second kappa shape index (κ2) is 33.3. The van der Waals surface area contributed by atoms with E-state index >= 15 is 0 Å². The Hall–Kier alpha value is -1.54. The van der Waals surface area contributed by atoms with E-state index in [2.05, 4.69) is 55.6 Å². The van der Waals surface area contributed by atoms with Crippen molar-refractivity contribution in [3.8, 4) is 0 Å². The average molecular weight is 726 g/mol. The predicted molar refractivity (Wildman–Crippen MR) is 212 cm³/mol. The van der Waals surface area contributed by atoms with Crippen molar-refractivity contribution >= 4 is 13.7 Å². The van der Waals surface area contributed by atoms with Gasteiger partial charge < -0.3 is 19.8 Å². The maximum Gasteiger partial charge on any atom is 0.472 e. The van der Waals surface area contributed by atoms with Gasteiger partial charge in [-0.25, -0.2) is 4.57 Å². The number of allylic oxidation sites excluding steroid dienone is 8. The van der Waals surface area contributed by atoms with Gasteiger partial charge in [0.25, 0.3) is 0 Å². The minimum absolute atomic E-state index is 0.0604. The Morgan fingerprint density at radius 3 is 1.64 bits per heavy atom. The standard InChI is InChI=1S/C41H77N2O6P/c1-6-8-10-12-14-16-18-20-21-23-24-26-28-30-32-34-40(44)39(38-49-50(46,47)48-37-36-43(3,4)5)42-41(45)35-33-31-29-27-25-22-19-17-15-13-11-9-7-2/h9,11,15,17,22,25,29,31,39-40,44H,6-8,10,12-14,16,18-21,23-24,26-28,30,32-38H2,1-5H3,(H-,42,45,46,47)/p+1/b11-9-,17-15-,25-22-,31-29-. The number of likely N-dealkylation sites (N-methyl/N-ethyl adjacent to an activating group) is 1. The Balaban J connectivity index is 4.55. The number of carbonyl (C=O) groups is 1. The summed E-state index contributed by atoms with van der Waals surface area (Å²) in [6.45, 7) is 4.69. The van der Waals surface area contributed by atoms with Gasteiger partial charge in [0, 0.05) is 6.42 Å². The Labute approximate surface area is 308 Å². The number of carbonyl (C=O) groups excluding carboxylic acids is 1. The third-order valence-electron chi connectivity index (χ3n) is 8.60. The normalized spacial score (nSPS) is 15.1. The summed E-state index contributed by atoms with van der Waals surface area (Å²) in [5.74, 6) is -0.227. The molecule has 9 heteroatoms. The molecule has 3 unspecified atom stereocenters. The van der Waals surface area contributed by atoms with E-state index < -0.39 is 20.0 Å². The maximum absolute atomic E-state index is 12.8. The number of nitrogens with one attached hydrogen (secondary N) is 1. The minimum atomic E-state index is -4.33. The lowest BCUT2D eigenvalue weighted by molar-refractivity contribution is -0.870. The zero-order valence-electron chi connectivity index (χ0n) is 32.9. The fourth-order valence-electron chi connectivity index (χ4n) is 5.41. The van der Waals surface area contributed by atoms with Crippen LogP contribution < -0.4 is 5.32 Å². The second-order valence-corrected chi connectivity index (χ2v) is 16.1. The molecule has 0 aromatic rings. The van der Waals surface area contributed by atoms with Crippen LogP contribution in [0.15, 0.2) is 48.6 Å². The van der Waals surface area contributed by atoms with Gasteiger partial charge in [0.2, 0.25) is 5.91 Å². The summed E-state index contributed by atoms with van der Waals surface area (Å²) >= 11 is 0. The molecule has 0 heterocycles. The molecule has 8 nitrogen and oxygen atoms in total. The summed E-state index contributed by atoms with van der Waals surface area (Å²) in [5, 5.41) is 13.8. The summed E-state index contributed by atoms with van der Waals surface area (Å²) in [6, 6.07) is -0.797. The van der Waals surface area contributed by atoms with Gasteiger partial charge in [0.15, 0.2) is 0 Å². The number of hydrogen-bond donors (Lipinski definition) is 3. The number of nitrogens with zero attached hydrogens (tertiary/aromatic N) is 1. The number of unbranched alkanes of at least 4 members (excludes halogenated alkanes) is 14. The van der Waals surface area contributed by atoms with Crippen LogP contribution in [-0.2, 0) is 18.4 Å². The second-order valence-electron chi connectivity index (χ2n) is 14.6. The molecule has 0 aromatic heterocycles. The van der Waals surface area contributed by atoms with E-state index in [0.29, 0.717) is 23.9 Å². The van der Waals surface area contributed by atoms with Crippen molar-refractivity contribution < 1.29 is 32.9 Å². The van der Waals surface area contributed by atoms with Crippen molar-refractivity contribution in [1.29, 1.82) is 0 Å². The number of rotatable bonds is 35. The van der Waals surface area contributed by atoms with Crippen LogP contribution in [0.2, 0.25) is 0 Å². The summed E-state index contributed by atoms with van der Waals surface area (Å²) in [5.41, 5.74) is 0. The van der Waals surface area contributed by atoms with Crippen molar-refractivity contribution in [1.82, 2.24) is 5.32 Å². The van der Waals surface area contributed by atoms with Crippen LogP contribution in [0.25, 0.3) is 0 Å². The lowest BCUT2D eigenvalue weighted by Gasteiger charge is -2.26. The number of phosphoric acid groups is 1. The minimum Gasteiger partial charge on any atom is -0.391 e. The Morgan fingerprint density at radius 2 is 1.16 bits per heavy atom. The predicted octanol–water partition coefficient (Wildman–Crippen LogP) is 10.5. The number of phosphoric ester groups is 1.